The van der Waals surface area contributed by atoms with Gasteiger partial charge in [-0.05, 0) is 100 Å². The SMILES string of the molecule is CC(C)N(CC1CCN(c2ccc(C(=O)N[C@H]3C(C)(C)[C@@H]4Oc5ccc(C#N)c6nccc(c56)C34C)cn2)CC1)[C@H]1C[C@H](Oc2ccc3c(c2)C(=O)N(C2CCC(=O)NC2=O)C3=O)C1. The number of nitriles is 1. The molecule has 10 rings (SSSR count). The number of amides is 5. The topological polar surface area (TPSA) is 187 Å². The number of ether oxygens (including phenoxy) is 2. The van der Waals surface area contributed by atoms with E-state index in [1.54, 1.807) is 36.7 Å². The lowest BCUT2D eigenvalue weighted by Gasteiger charge is -2.66. The summed E-state index contributed by atoms with van der Waals surface area (Å²) in [5, 5.41) is 16.2. The van der Waals surface area contributed by atoms with Crippen LogP contribution < -0.4 is 25.0 Å². The minimum Gasteiger partial charge on any atom is -0.490 e. The van der Waals surface area contributed by atoms with Crippen LogP contribution in [0.2, 0.25) is 0 Å². The third-order valence-electron chi connectivity index (χ3n) is 15.0. The Kier molecular flexibility index (Phi) is 10.0. The molecule has 0 bridgehead atoms. The van der Waals surface area contributed by atoms with E-state index in [2.05, 4.69) is 66.1 Å². The number of rotatable bonds is 10. The van der Waals surface area contributed by atoms with Crippen LogP contribution in [0.1, 0.15) is 115 Å². The second-order valence-corrected chi connectivity index (χ2v) is 19.5. The normalized spacial score (nSPS) is 27.0. The third kappa shape index (κ3) is 6.59. The molecule has 330 valence electrons. The summed E-state index contributed by atoms with van der Waals surface area (Å²) in [5.74, 6) is 0.315. The highest BCUT2D eigenvalue weighted by Crippen LogP contribution is 2.61. The Bertz CT molecular complexity index is 2660. The van der Waals surface area contributed by atoms with Gasteiger partial charge >= 0.3 is 0 Å². The summed E-state index contributed by atoms with van der Waals surface area (Å²) in [6.45, 7) is 13.6. The Hall–Kier alpha value is -6.40. The first kappa shape index (κ1) is 41.6. The van der Waals surface area contributed by atoms with E-state index in [4.69, 9.17) is 14.5 Å². The van der Waals surface area contributed by atoms with Crippen molar-refractivity contribution in [2.45, 2.75) is 115 Å². The summed E-state index contributed by atoms with van der Waals surface area (Å²) in [6.07, 6.45) is 7.14. The Balaban J connectivity index is 0.719. The number of nitrogens with one attached hydrogen (secondary N) is 2. The number of aromatic nitrogens is 2. The molecule has 6 heterocycles. The summed E-state index contributed by atoms with van der Waals surface area (Å²) in [7, 11) is 0. The van der Waals surface area contributed by atoms with Gasteiger partial charge in [-0.25, -0.2) is 4.98 Å². The van der Waals surface area contributed by atoms with E-state index < -0.39 is 35.1 Å². The van der Waals surface area contributed by atoms with Crippen LogP contribution in [0.5, 0.6) is 11.5 Å². The molecule has 4 fully saturated rings. The summed E-state index contributed by atoms with van der Waals surface area (Å²) in [6, 6.07) is 16.0. The van der Waals surface area contributed by atoms with E-state index in [9.17, 15) is 29.2 Å². The molecule has 4 atom stereocenters. The van der Waals surface area contributed by atoms with Gasteiger partial charge in [-0.3, -0.25) is 44.1 Å². The lowest BCUT2D eigenvalue weighted by atomic mass is 9.45. The molecule has 2 saturated carbocycles. The highest BCUT2D eigenvalue weighted by Gasteiger charge is 2.69. The molecule has 2 aliphatic carbocycles. The molecule has 15 nitrogen and oxygen atoms in total. The lowest BCUT2D eigenvalue weighted by molar-refractivity contribution is -0.136. The van der Waals surface area contributed by atoms with Crippen LogP contribution in [0.3, 0.4) is 0 Å². The van der Waals surface area contributed by atoms with Crippen LogP contribution in [-0.2, 0) is 15.0 Å². The van der Waals surface area contributed by atoms with Crippen molar-refractivity contribution >= 4 is 46.3 Å². The summed E-state index contributed by atoms with van der Waals surface area (Å²) in [4.78, 5) is 79.5. The average Bonchev–Trinajstić information content (AvgIpc) is 3.52. The first-order valence-electron chi connectivity index (χ1n) is 22.5. The van der Waals surface area contributed by atoms with E-state index >= 15 is 0 Å². The second kappa shape index (κ2) is 15.4. The predicted molar refractivity (Wildman–Crippen MR) is 235 cm³/mol. The van der Waals surface area contributed by atoms with Crippen molar-refractivity contribution in [2.75, 3.05) is 24.5 Å². The van der Waals surface area contributed by atoms with Gasteiger partial charge in [0.1, 0.15) is 41.6 Å². The first-order chi connectivity index (χ1) is 30.7. The van der Waals surface area contributed by atoms with E-state index in [0.29, 0.717) is 40.4 Å². The molecule has 2 aromatic heterocycles. The minimum absolute atomic E-state index is 0.0223. The number of carbonyl (C=O) groups excluding carboxylic acids is 5. The molecule has 5 amide bonds. The Morgan fingerprint density at radius 1 is 1.00 bits per heavy atom. The maximum atomic E-state index is 13.8. The fourth-order valence-corrected chi connectivity index (χ4v) is 11.6. The minimum atomic E-state index is -1.01. The molecule has 2 saturated heterocycles. The number of benzene rings is 2. The summed E-state index contributed by atoms with van der Waals surface area (Å²) >= 11 is 0. The molecule has 2 N–H and O–H groups in total. The van der Waals surface area contributed by atoms with Gasteiger partial charge in [0.25, 0.3) is 17.7 Å². The van der Waals surface area contributed by atoms with Gasteiger partial charge < -0.3 is 19.7 Å². The van der Waals surface area contributed by atoms with Gasteiger partial charge in [0, 0.05) is 74.2 Å². The van der Waals surface area contributed by atoms with E-state index in [-0.39, 0.29) is 53.5 Å². The fourth-order valence-electron chi connectivity index (χ4n) is 11.6. The van der Waals surface area contributed by atoms with E-state index in [0.717, 1.165) is 72.7 Å². The molecule has 0 spiro atoms. The van der Waals surface area contributed by atoms with Crippen molar-refractivity contribution in [2.24, 2.45) is 11.3 Å². The quantitative estimate of drug-likeness (QED) is 0.196. The number of fused-ring (bicyclic) bond motifs is 3. The number of hydrogen-bond donors (Lipinski definition) is 2. The van der Waals surface area contributed by atoms with Crippen LogP contribution >= 0.6 is 0 Å². The largest absolute Gasteiger partial charge is 0.490 e. The Labute approximate surface area is 371 Å². The zero-order chi connectivity index (χ0) is 44.8. The van der Waals surface area contributed by atoms with Crippen molar-refractivity contribution in [1.82, 2.24) is 30.4 Å². The van der Waals surface area contributed by atoms with Gasteiger partial charge in [-0.2, -0.15) is 5.26 Å². The van der Waals surface area contributed by atoms with Gasteiger partial charge in [0.05, 0.1) is 39.2 Å². The zero-order valence-electron chi connectivity index (χ0n) is 36.7. The molecule has 6 aliphatic rings. The number of piperidine rings is 2. The monoisotopic (exact) mass is 864 g/mol. The smallest absolute Gasteiger partial charge is 0.262 e. The number of imide groups is 2. The van der Waals surface area contributed by atoms with Crippen molar-refractivity contribution in [3.05, 3.63) is 88.7 Å². The van der Waals surface area contributed by atoms with E-state index in [1.165, 1.54) is 0 Å². The highest BCUT2D eigenvalue weighted by molar-refractivity contribution is 6.23. The molecule has 0 radical (unpaired) electrons. The van der Waals surface area contributed by atoms with Crippen molar-refractivity contribution < 1.29 is 33.4 Å². The molecule has 64 heavy (non-hydrogen) atoms. The maximum Gasteiger partial charge on any atom is 0.262 e. The van der Waals surface area contributed by atoms with Crippen LogP contribution in [0.15, 0.2) is 60.9 Å². The first-order valence-corrected chi connectivity index (χ1v) is 22.5. The van der Waals surface area contributed by atoms with Crippen molar-refractivity contribution in [1.29, 1.82) is 5.26 Å². The number of anilines is 1. The standard InChI is InChI=1S/C49H52N8O7/c1-26(2)56(30-20-32(21-30)63-31-8-9-33-34(22-31)45(62)57(44(33)61)36-10-13-39(58)53-43(36)60)25-27-15-18-55(19-16-27)38-12-7-29(24-52-38)42(59)54-46-48(3,4)47-49(46,5)35-14-17-51-41-28(23-50)6-11-37(64-47)40(35)41/h6-9,11-12,14,17,22,24,26-27,30,32,36,46-47H,10,13,15-16,18-21,25H2,1-5H3,(H,54,59)(H,53,58,60)/t30-,32-,36?,46-,47-,49?/m0/s1. The van der Waals surface area contributed by atoms with Crippen LogP contribution in [0.4, 0.5) is 5.82 Å². The molecule has 4 aliphatic heterocycles. The number of hydrogen-bond acceptors (Lipinski definition) is 12. The number of pyridine rings is 2. The Morgan fingerprint density at radius 2 is 1.77 bits per heavy atom. The lowest BCUT2D eigenvalue weighted by Crippen LogP contribution is -2.78. The summed E-state index contributed by atoms with van der Waals surface area (Å²) < 4.78 is 12.9. The fraction of sp³-hybridized carbons (Fsp3) is 0.469. The van der Waals surface area contributed by atoms with E-state index in [1.807, 2.05) is 24.3 Å². The van der Waals surface area contributed by atoms with Gasteiger partial charge in [-0.15, -0.1) is 0 Å². The number of nitrogens with zero attached hydrogens (tertiary/aromatic N) is 6. The highest BCUT2D eigenvalue weighted by atomic mass is 16.5. The maximum absolute atomic E-state index is 13.8. The van der Waals surface area contributed by atoms with Gasteiger partial charge in [-0.1, -0.05) is 13.8 Å². The van der Waals surface area contributed by atoms with Gasteiger partial charge in [0.15, 0.2) is 0 Å². The molecular weight excluding hydrogens is 813 g/mol. The summed E-state index contributed by atoms with van der Waals surface area (Å²) in [5.41, 5.74) is 2.19. The second-order valence-electron chi connectivity index (χ2n) is 19.5. The van der Waals surface area contributed by atoms with Crippen LogP contribution in [-0.4, -0.2) is 105 Å². The van der Waals surface area contributed by atoms with Crippen molar-refractivity contribution in [3.8, 4) is 17.6 Å². The predicted octanol–water partition coefficient (Wildman–Crippen LogP) is 5.30. The Morgan fingerprint density at radius 3 is 2.47 bits per heavy atom. The molecule has 15 heteroatoms. The van der Waals surface area contributed by atoms with Crippen LogP contribution in [0, 0.1) is 22.7 Å². The number of carbonyl (C=O) groups is 5. The zero-order valence-corrected chi connectivity index (χ0v) is 36.7. The molecule has 4 aromatic rings. The van der Waals surface area contributed by atoms with Crippen LogP contribution in [0.25, 0.3) is 10.9 Å². The third-order valence-corrected chi connectivity index (χ3v) is 15.0. The average molecular weight is 865 g/mol. The molecular formula is C49H52N8O7. The molecule has 2 aromatic carbocycles. The molecule has 2 unspecified atom stereocenters. The van der Waals surface area contributed by atoms with Gasteiger partial charge in [0.2, 0.25) is 11.8 Å². The van der Waals surface area contributed by atoms with Crippen molar-refractivity contribution in [3.63, 3.8) is 0 Å².